The third-order valence-electron chi connectivity index (χ3n) is 4.68. The molecular weight excluding hydrogens is 220 g/mol. The molecule has 0 aliphatic heterocycles. The zero-order valence-corrected chi connectivity index (χ0v) is 12.8. The van der Waals surface area contributed by atoms with Gasteiger partial charge in [-0.15, -0.1) is 0 Å². The molecule has 2 atom stereocenters. The molecule has 0 aromatic heterocycles. The van der Waals surface area contributed by atoms with Crippen molar-refractivity contribution in [2.75, 3.05) is 0 Å². The number of hydrogen-bond acceptors (Lipinski definition) is 2. The molecule has 0 spiro atoms. The number of hydrogen-bond donors (Lipinski definition) is 1. The molecule has 1 saturated carbocycles. The molecule has 1 N–H and O–H groups in total. The van der Waals surface area contributed by atoms with Gasteiger partial charge in [0, 0.05) is 6.04 Å². The Kier molecular flexibility index (Phi) is 5.66. The summed E-state index contributed by atoms with van der Waals surface area (Å²) in [5.74, 6) is 1.39. The van der Waals surface area contributed by atoms with Gasteiger partial charge >= 0.3 is 0 Å². The third kappa shape index (κ3) is 4.28. The lowest BCUT2D eigenvalue weighted by atomic mass is 9.68. The Hall–Kier alpha value is -0.550. The molecule has 0 bridgehead atoms. The molecule has 0 aromatic rings. The van der Waals surface area contributed by atoms with E-state index in [-0.39, 0.29) is 6.04 Å². The van der Waals surface area contributed by atoms with Gasteiger partial charge < -0.3 is 0 Å². The second kappa shape index (κ2) is 6.57. The van der Waals surface area contributed by atoms with E-state index in [0.29, 0.717) is 17.4 Å². The Labute approximate surface area is 113 Å². The fourth-order valence-corrected chi connectivity index (χ4v) is 3.02. The van der Waals surface area contributed by atoms with E-state index in [2.05, 4.69) is 46.0 Å². The first-order valence-electron chi connectivity index (χ1n) is 7.54. The first kappa shape index (κ1) is 15.5. The van der Waals surface area contributed by atoms with Crippen LogP contribution in [-0.2, 0) is 0 Å². The van der Waals surface area contributed by atoms with Crippen LogP contribution < -0.4 is 5.32 Å². The van der Waals surface area contributed by atoms with Crippen molar-refractivity contribution in [2.45, 2.75) is 78.8 Å². The highest BCUT2D eigenvalue weighted by Crippen LogP contribution is 2.40. The minimum Gasteiger partial charge on any atom is -0.299 e. The fourth-order valence-electron chi connectivity index (χ4n) is 3.02. The van der Waals surface area contributed by atoms with E-state index in [1.54, 1.807) is 0 Å². The van der Waals surface area contributed by atoms with E-state index in [0.717, 1.165) is 12.3 Å². The third-order valence-corrected chi connectivity index (χ3v) is 4.68. The Bertz CT molecular complexity index is 276. The van der Waals surface area contributed by atoms with Crippen LogP contribution in [0.1, 0.15) is 66.7 Å². The fraction of sp³-hybridized carbons (Fsp3) is 0.938. The molecule has 0 aromatic carbocycles. The van der Waals surface area contributed by atoms with Crippen molar-refractivity contribution in [3.05, 3.63) is 0 Å². The lowest BCUT2D eigenvalue weighted by Gasteiger charge is -2.38. The second-order valence-electron chi connectivity index (χ2n) is 7.06. The molecule has 1 aliphatic rings. The summed E-state index contributed by atoms with van der Waals surface area (Å²) in [4.78, 5) is 0. The average Bonchev–Trinajstić information content (AvgIpc) is 2.34. The molecule has 104 valence electrons. The predicted octanol–water partition coefficient (Wildman–Crippen LogP) is 4.12. The van der Waals surface area contributed by atoms with Crippen molar-refractivity contribution >= 4 is 0 Å². The number of nitrogens with zero attached hydrogens (tertiary/aromatic N) is 1. The monoisotopic (exact) mass is 250 g/mol. The number of nitriles is 1. The van der Waals surface area contributed by atoms with Crippen LogP contribution in [-0.4, -0.2) is 12.1 Å². The van der Waals surface area contributed by atoms with Crippen molar-refractivity contribution in [2.24, 2.45) is 17.3 Å². The summed E-state index contributed by atoms with van der Waals surface area (Å²) >= 11 is 0. The van der Waals surface area contributed by atoms with Crippen LogP contribution in [0.3, 0.4) is 0 Å². The zero-order valence-electron chi connectivity index (χ0n) is 12.8. The maximum absolute atomic E-state index is 9.34. The van der Waals surface area contributed by atoms with E-state index >= 15 is 0 Å². The summed E-state index contributed by atoms with van der Waals surface area (Å²) in [7, 11) is 0. The van der Waals surface area contributed by atoms with Crippen LogP contribution in [0.15, 0.2) is 0 Å². The highest BCUT2D eigenvalue weighted by atomic mass is 14.9. The SMILES string of the molecule is CCC(C)NC(C#N)C1CCC(C(C)(C)C)CC1. The molecule has 2 heteroatoms. The molecule has 2 nitrogen and oxygen atoms in total. The van der Waals surface area contributed by atoms with Crippen molar-refractivity contribution in [3.8, 4) is 6.07 Å². The minimum atomic E-state index is 0.0564. The van der Waals surface area contributed by atoms with Crippen molar-refractivity contribution in [1.29, 1.82) is 5.26 Å². The molecule has 0 amide bonds. The van der Waals surface area contributed by atoms with Gasteiger partial charge in [-0.05, 0) is 56.3 Å². The van der Waals surface area contributed by atoms with Crippen molar-refractivity contribution in [1.82, 2.24) is 5.32 Å². The molecule has 0 heterocycles. The molecule has 2 unspecified atom stereocenters. The maximum atomic E-state index is 9.34. The van der Waals surface area contributed by atoms with Gasteiger partial charge in [0.1, 0.15) is 0 Å². The number of nitrogens with one attached hydrogen (secondary N) is 1. The van der Waals surface area contributed by atoms with Gasteiger partial charge in [0.25, 0.3) is 0 Å². The quantitative estimate of drug-likeness (QED) is 0.814. The molecular formula is C16H30N2. The summed E-state index contributed by atoms with van der Waals surface area (Å²) in [5, 5.41) is 12.8. The van der Waals surface area contributed by atoms with Gasteiger partial charge in [0.15, 0.2) is 0 Å². The first-order valence-corrected chi connectivity index (χ1v) is 7.54. The van der Waals surface area contributed by atoms with Crippen molar-refractivity contribution in [3.63, 3.8) is 0 Å². The highest BCUT2D eigenvalue weighted by molar-refractivity contribution is 4.98. The van der Waals surface area contributed by atoms with Gasteiger partial charge in [0.05, 0.1) is 12.1 Å². The smallest absolute Gasteiger partial charge is 0.0983 e. The Morgan fingerprint density at radius 1 is 1.22 bits per heavy atom. The topological polar surface area (TPSA) is 35.8 Å². The molecule has 1 rings (SSSR count). The van der Waals surface area contributed by atoms with E-state index in [1.807, 2.05) is 0 Å². The van der Waals surface area contributed by atoms with E-state index < -0.39 is 0 Å². The lowest BCUT2D eigenvalue weighted by Crippen LogP contribution is -2.42. The average molecular weight is 250 g/mol. The highest BCUT2D eigenvalue weighted by Gasteiger charge is 2.33. The van der Waals surface area contributed by atoms with Gasteiger partial charge in [-0.1, -0.05) is 27.7 Å². The summed E-state index contributed by atoms with van der Waals surface area (Å²) in [5.41, 5.74) is 0.428. The van der Waals surface area contributed by atoms with Gasteiger partial charge in [-0.25, -0.2) is 0 Å². The molecule has 18 heavy (non-hydrogen) atoms. The minimum absolute atomic E-state index is 0.0564. The number of rotatable bonds is 4. The molecule has 1 fully saturated rings. The van der Waals surface area contributed by atoms with Crippen molar-refractivity contribution < 1.29 is 0 Å². The van der Waals surface area contributed by atoms with Crippen LogP contribution >= 0.6 is 0 Å². The van der Waals surface area contributed by atoms with E-state index in [1.165, 1.54) is 25.7 Å². The van der Waals surface area contributed by atoms with E-state index in [9.17, 15) is 5.26 Å². The van der Waals surface area contributed by atoms with Crippen LogP contribution in [0.4, 0.5) is 0 Å². The van der Waals surface area contributed by atoms with Gasteiger partial charge in [-0.2, -0.15) is 5.26 Å². The summed E-state index contributed by atoms with van der Waals surface area (Å²) in [6, 6.07) is 2.99. The molecule has 0 radical (unpaired) electrons. The molecule has 0 saturated heterocycles. The lowest BCUT2D eigenvalue weighted by molar-refractivity contribution is 0.139. The summed E-state index contributed by atoms with van der Waals surface area (Å²) < 4.78 is 0. The van der Waals surface area contributed by atoms with Crippen LogP contribution in [0.25, 0.3) is 0 Å². The summed E-state index contributed by atoms with van der Waals surface area (Å²) in [6.45, 7) is 11.4. The normalized spacial score (nSPS) is 28.4. The Morgan fingerprint density at radius 3 is 2.17 bits per heavy atom. The maximum Gasteiger partial charge on any atom is 0.0983 e. The largest absolute Gasteiger partial charge is 0.299 e. The first-order chi connectivity index (χ1) is 8.38. The van der Waals surface area contributed by atoms with Gasteiger partial charge in [0.2, 0.25) is 0 Å². The van der Waals surface area contributed by atoms with Crippen LogP contribution in [0.2, 0.25) is 0 Å². The zero-order chi connectivity index (χ0) is 13.8. The van der Waals surface area contributed by atoms with Gasteiger partial charge in [-0.3, -0.25) is 5.32 Å². The summed E-state index contributed by atoms with van der Waals surface area (Å²) in [6.07, 6.45) is 6.09. The Balaban J connectivity index is 2.48. The Morgan fingerprint density at radius 2 is 1.78 bits per heavy atom. The van der Waals surface area contributed by atoms with Crippen LogP contribution in [0, 0.1) is 28.6 Å². The second-order valence-corrected chi connectivity index (χ2v) is 7.06. The predicted molar refractivity (Wildman–Crippen MR) is 77.2 cm³/mol. The molecule has 1 aliphatic carbocycles. The van der Waals surface area contributed by atoms with E-state index in [4.69, 9.17) is 0 Å². The standard InChI is InChI=1S/C16H30N2/c1-6-12(2)18-15(11-17)13-7-9-14(10-8-13)16(3,4)5/h12-15,18H,6-10H2,1-5H3. The van der Waals surface area contributed by atoms with Crippen LogP contribution in [0.5, 0.6) is 0 Å².